The number of anilines is 1. The highest BCUT2D eigenvalue weighted by molar-refractivity contribution is 7.92. The third-order valence-corrected chi connectivity index (χ3v) is 4.84. The molecule has 0 fully saturated rings. The van der Waals surface area contributed by atoms with Crippen molar-refractivity contribution in [3.8, 4) is 11.5 Å². The summed E-state index contributed by atoms with van der Waals surface area (Å²) < 4.78 is 37.3. The molecule has 0 aliphatic rings. The first-order chi connectivity index (χ1) is 10.4. The van der Waals surface area contributed by atoms with Gasteiger partial charge in [-0.25, -0.2) is 13.4 Å². The van der Waals surface area contributed by atoms with Crippen molar-refractivity contribution in [1.29, 1.82) is 0 Å². The van der Waals surface area contributed by atoms with E-state index in [9.17, 15) is 8.42 Å². The first kappa shape index (κ1) is 16.7. The van der Waals surface area contributed by atoms with Crippen LogP contribution >= 0.6 is 23.2 Å². The Hall–Kier alpha value is -1.70. The lowest BCUT2D eigenvalue weighted by Crippen LogP contribution is -2.14. The van der Waals surface area contributed by atoms with Crippen LogP contribution in [0, 0.1) is 0 Å². The van der Waals surface area contributed by atoms with Gasteiger partial charge in [-0.2, -0.15) is 0 Å². The van der Waals surface area contributed by atoms with Gasteiger partial charge in [0.2, 0.25) is 0 Å². The van der Waals surface area contributed by atoms with Gasteiger partial charge in [-0.15, -0.1) is 0 Å². The van der Waals surface area contributed by atoms with Crippen molar-refractivity contribution in [1.82, 2.24) is 4.98 Å². The van der Waals surface area contributed by atoms with E-state index in [0.717, 1.165) is 0 Å². The van der Waals surface area contributed by atoms with Crippen molar-refractivity contribution >= 4 is 38.9 Å². The molecule has 0 aliphatic carbocycles. The second-order valence-corrected chi connectivity index (χ2v) is 6.50. The predicted molar refractivity (Wildman–Crippen MR) is 84.6 cm³/mol. The number of halogens is 2. The first-order valence-corrected chi connectivity index (χ1v) is 8.18. The van der Waals surface area contributed by atoms with Gasteiger partial charge < -0.3 is 9.47 Å². The Morgan fingerprint density at radius 3 is 2.41 bits per heavy atom. The lowest BCUT2D eigenvalue weighted by molar-refractivity contribution is 0.396. The number of benzene rings is 1. The molecule has 9 heteroatoms. The maximum Gasteiger partial charge on any atom is 0.265 e. The molecule has 1 aromatic carbocycles. The van der Waals surface area contributed by atoms with Crippen LogP contribution in [0.25, 0.3) is 0 Å². The van der Waals surface area contributed by atoms with Crippen LogP contribution < -0.4 is 14.2 Å². The quantitative estimate of drug-likeness (QED) is 0.826. The molecule has 0 amide bonds. The normalized spacial score (nSPS) is 11.1. The number of hydrogen-bond acceptors (Lipinski definition) is 5. The topological polar surface area (TPSA) is 77.5 Å². The van der Waals surface area contributed by atoms with Gasteiger partial charge in [0.15, 0.2) is 0 Å². The number of methoxy groups -OCH3 is 2. The Morgan fingerprint density at radius 1 is 1.14 bits per heavy atom. The monoisotopic (exact) mass is 362 g/mol. The van der Waals surface area contributed by atoms with Crippen LogP contribution in [0.4, 0.5) is 5.69 Å². The number of sulfonamides is 1. The molecule has 0 aliphatic heterocycles. The predicted octanol–water partition coefficient (Wildman–Crippen LogP) is 3.21. The molecule has 1 N–H and O–H groups in total. The first-order valence-electron chi connectivity index (χ1n) is 5.94. The zero-order valence-electron chi connectivity index (χ0n) is 11.6. The zero-order valence-corrected chi connectivity index (χ0v) is 14.0. The van der Waals surface area contributed by atoms with Crippen molar-refractivity contribution in [3.05, 3.63) is 40.6 Å². The molecular formula is C13H12Cl2N2O4S. The van der Waals surface area contributed by atoms with Gasteiger partial charge in [0.05, 0.1) is 24.9 Å². The highest BCUT2D eigenvalue weighted by atomic mass is 35.5. The molecule has 0 saturated heterocycles. The third-order valence-electron chi connectivity index (χ3n) is 2.73. The van der Waals surface area contributed by atoms with Crippen LogP contribution in [-0.4, -0.2) is 27.6 Å². The molecule has 0 atom stereocenters. The van der Waals surface area contributed by atoms with Gasteiger partial charge >= 0.3 is 0 Å². The molecule has 0 radical (unpaired) electrons. The summed E-state index contributed by atoms with van der Waals surface area (Å²) in [4.78, 5) is 3.60. The molecule has 2 aromatic rings. The Balaban J connectivity index is 2.46. The standard InChI is InChI=1S/C13H12Cl2N2O4S/c1-20-10-7-11(21-2)9(6-8(10)14)17-22(18,19)12-4-3-5-16-13(12)15/h3-7,17H,1-2H3. The molecule has 22 heavy (non-hydrogen) atoms. The fraction of sp³-hybridized carbons (Fsp3) is 0.154. The van der Waals surface area contributed by atoms with Gasteiger partial charge in [-0.1, -0.05) is 23.2 Å². The Bertz CT molecular complexity index is 797. The van der Waals surface area contributed by atoms with Crippen LogP contribution in [0.3, 0.4) is 0 Å². The van der Waals surface area contributed by atoms with E-state index in [1.165, 1.54) is 44.7 Å². The lowest BCUT2D eigenvalue weighted by Gasteiger charge is -2.14. The maximum atomic E-state index is 12.4. The summed E-state index contributed by atoms with van der Waals surface area (Å²) in [5.41, 5.74) is 0.160. The average Bonchev–Trinajstić information content (AvgIpc) is 2.47. The van der Waals surface area contributed by atoms with Gasteiger partial charge in [0.25, 0.3) is 10.0 Å². The molecule has 2 rings (SSSR count). The van der Waals surface area contributed by atoms with E-state index in [0.29, 0.717) is 5.75 Å². The zero-order chi connectivity index (χ0) is 16.3. The number of pyridine rings is 1. The smallest absolute Gasteiger partial charge is 0.265 e. The van der Waals surface area contributed by atoms with Crippen molar-refractivity contribution in [3.63, 3.8) is 0 Å². The summed E-state index contributed by atoms with van der Waals surface area (Å²) in [6.45, 7) is 0. The molecule has 1 aromatic heterocycles. The van der Waals surface area contributed by atoms with Crippen molar-refractivity contribution in [2.45, 2.75) is 4.90 Å². The third kappa shape index (κ3) is 3.37. The summed E-state index contributed by atoms with van der Waals surface area (Å²) in [6, 6.07) is 5.68. The molecule has 118 valence electrons. The minimum atomic E-state index is -3.94. The summed E-state index contributed by atoms with van der Waals surface area (Å²) >= 11 is 11.8. The van der Waals surface area contributed by atoms with Gasteiger partial charge in [-0.05, 0) is 18.2 Å². The number of ether oxygens (including phenoxy) is 2. The highest BCUT2D eigenvalue weighted by Crippen LogP contribution is 2.37. The van der Waals surface area contributed by atoms with Crippen LogP contribution in [-0.2, 0) is 10.0 Å². The highest BCUT2D eigenvalue weighted by Gasteiger charge is 2.21. The summed E-state index contributed by atoms with van der Waals surface area (Å²) in [6.07, 6.45) is 1.40. The number of nitrogens with one attached hydrogen (secondary N) is 1. The van der Waals surface area contributed by atoms with Gasteiger partial charge in [0, 0.05) is 12.3 Å². The fourth-order valence-corrected chi connectivity index (χ4v) is 3.47. The van der Waals surface area contributed by atoms with E-state index in [1.54, 1.807) is 0 Å². The molecule has 0 saturated carbocycles. The Morgan fingerprint density at radius 2 is 1.82 bits per heavy atom. The van der Waals surface area contributed by atoms with E-state index in [2.05, 4.69) is 9.71 Å². The SMILES string of the molecule is COc1cc(OC)c(NS(=O)(=O)c2cccnc2Cl)cc1Cl. The molecule has 0 unspecified atom stereocenters. The van der Waals surface area contributed by atoms with Crippen LogP contribution in [0.1, 0.15) is 0 Å². The summed E-state index contributed by atoms with van der Waals surface area (Å²) in [5.74, 6) is 0.616. The molecule has 0 bridgehead atoms. The number of hydrogen-bond donors (Lipinski definition) is 1. The van der Waals surface area contributed by atoms with E-state index in [1.807, 2.05) is 0 Å². The second-order valence-electron chi connectivity index (χ2n) is 4.08. The molecule has 1 heterocycles. The van der Waals surface area contributed by atoms with Crippen LogP contribution in [0.15, 0.2) is 35.4 Å². The van der Waals surface area contributed by atoms with Crippen molar-refractivity contribution in [2.24, 2.45) is 0 Å². The average molecular weight is 363 g/mol. The maximum absolute atomic E-state index is 12.4. The van der Waals surface area contributed by atoms with E-state index < -0.39 is 10.0 Å². The van der Waals surface area contributed by atoms with E-state index >= 15 is 0 Å². The van der Waals surface area contributed by atoms with E-state index in [4.69, 9.17) is 32.7 Å². The fourth-order valence-electron chi connectivity index (χ4n) is 1.71. The number of aromatic nitrogens is 1. The lowest BCUT2D eigenvalue weighted by atomic mass is 10.3. The van der Waals surface area contributed by atoms with Crippen LogP contribution in [0.2, 0.25) is 10.2 Å². The van der Waals surface area contributed by atoms with Crippen LogP contribution in [0.5, 0.6) is 11.5 Å². The Kier molecular flexibility index (Phi) is 5.00. The minimum Gasteiger partial charge on any atom is -0.495 e. The number of nitrogens with zero attached hydrogens (tertiary/aromatic N) is 1. The van der Waals surface area contributed by atoms with Crippen molar-refractivity contribution in [2.75, 3.05) is 18.9 Å². The van der Waals surface area contributed by atoms with E-state index in [-0.39, 0.29) is 26.5 Å². The summed E-state index contributed by atoms with van der Waals surface area (Å²) in [7, 11) is -1.09. The largest absolute Gasteiger partial charge is 0.495 e. The molecule has 6 nitrogen and oxygen atoms in total. The Labute approximate surface area is 138 Å². The molecular weight excluding hydrogens is 351 g/mol. The van der Waals surface area contributed by atoms with Crippen molar-refractivity contribution < 1.29 is 17.9 Å². The minimum absolute atomic E-state index is 0.131. The van der Waals surface area contributed by atoms with Gasteiger partial charge in [-0.3, -0.25) is 4.72 Å². The second kappa shape index (κ2) is 6.60. The number of rotatable bonds is 5. The van der Waals surface area contributed by atoms with Gasteiger partial charge in [0.1, 0.15) is 21.5 Å². The summed E-state index contributed by atoms with van der Waals surface area (Å²) in [5, 5.41) is 0.104. The molecule has 0 spiro atoms.